The normalized spacial score (nSPS) is 11.9. The molecule has 2 heteroatoms. The van der Waals surface area contributed by atoms with Gasteiger partial charge in [0.25, 0.3) is 0 Å². The zero-order valence-electron chi connectivity index (χ0n) is 5.72. The van der Waals surface area contributed by atoms with E-state index in [1.165, 1.54) is 0 Å². The molecule has 0 saturated carbocycles. The Kier molecular flexibility index (Phi) is 5.29. The minimum atomic E-state index is -0.441. The SMILES string of the molecule is CCC#CCC(O)CN. The molecule has 2 nitrogen and oxygen atoms in total. The molecule has 0 aliphatic carbocycles. The van der Waals surface area contributed by atoms with Crippen LogP contribution in [0.2, 0.25) is 0 Å². The number of aliphatic hydroxyl groups is 1. The van der Waals surface area contributed by atoms with E-state index in [2.05, 4.69) is 11.8 Å². The standard InChI is InChI=1S/C7H13NO/c1-2-3-4-5-7(9)6-8/h7,9H,2,5-6,8H2,1H3. The molecule has 0 aromatic rings. The summed E-state index contributed by atoms with van der Waals surface area (Å²) in [4.78, 5) is 0. The fourth-order valence-electron chi connectivity index (χ4n) is 0.398. The largest absolute Gasteiger partial charge is 0.391 e. The Balaban J connectivity index is 3.25. The van der Waals surface area contributed by atoms with Crippen molar-refractivity contribution < 1.29 is 5.11 Å². The molecule has 0 aliphatic rings. The van der Waals surface area contributed by atoms with Crippen LogP contribution in [0, 0.1) is 11.8 Å². The van der Waals surface area contributed by atoms with E-state index in [-0.39, 0.29) is 0 Å². The Bertz CT molecular complexity index is 112. The average Bonchev–Trinajstić information content (AvgIpc) is 1.89. The number of hydrogen-bond donors (Lipinski definition) is 2. The molecule has 1 unspecified atom stereocenters. The molecule has 0 rings (SSSR count). The van der Waals surface area contributed by atoms with Gasteiger partial charge in [-0.1, -0.05) is 6.92 Å². The Morgan fingerprint density at radius 1 is 1.56 bits per heavy atom. The third-order valence-electron chi connectivity index (χ3n) is 0.912. The predicted octanol–water partition coefficient (Wildman–Crippen LogP) is 0.110. The summed E-state index contributed by atoms with van der Waals surface area (Å²) in [6.07, 6.45) is 0.908. The van der Waals surface area contributed by atoms with E-state index < -0.39 is 6.10 Å². The maximum Gasteiger partial charge on any atom is 0.0771 e. The van der Waals surface area contributed by atoms with E-state index in [1.54, 1.807) is 0 Å². The van der Waals surface area contributed by atoms with Crippen molar-refractivity contribution in [2.24, 2.45) is 5.73 Å². The number of aliphatic hydroxyl groups excluding tert-OH is 1. The molecule has 0 saturated heterocycles. The summed E-state index contributed by atoms with van der Waals surface area (Å²) in [7, 11) is 0. The van der Waals surface area contributed by atoms with Crippen LogP contribution in [-0.4, -0.2) is 17.8 Å². The lowest BCUT2D eigenvalue weighted by Crippen LogP contribution is -2.18. The summed E-state index contributed by atoms with van der Waals surface area (Å²) in [5, 5.41) is 8.86. The zero-order chi connectivity index (χ0) is 7.11. The second kappa shape index (κ2) is 5.61. The third-order valence-corrected chi connectivity index (χ3v) is 0.912. The predicted molar refractivity (Wildman–Crippen MR) is 37.7 cm³/mol. The van der Waals surface area contributed by atoms with Crippen LogP contribution in [0.25, 0.3) is 0 Å². The van der Waals surface area contributed by atoms with E-state index in [9.17, 15) is 0 Å². The quantitative estimate of drug-likeness (QED) is 0.517. The topological polar surface area (TPSA) is 46.2 Å². The lowest BCUT2D eigenvalue weighted by molar-refractivity contribution is 0.188. The Morgan fingerprint density at radius 3 is 2.67 bits per heavy atom. The highest BCUT2D eigenvalue weighted by molar-refractivity contribution is 4.99. The third kappa shape index (κ3) is 5.35. The van der Waals surface area contributed by atoms with Crippen LogP contribution in [0.15, 0.2) is 0 Å². The maximum absolute atomic E-state index is 8.86. The van der Waals surface area contributed by atoms with E-state index >= 15 is 0 Å². The summed E-state index contributed by atoms with van der Waals surface area (Å²) in [5.74, 6) is 5.65. The summed E-state index contributed by atoms with van der Waals surface area (Å²) in [6, 6.07) is 0. The minimum absolute atomic E-state index is 0.304. The highest BCUT2D eigenvalue weighted by Gasteiger charge is 1.94. The van der Waals surface area contributed by atoms with E-state index in [0.717, 1.165) is 6.42 Å². The van der Waals surface area contributed by atoms with Gasteiger partial charge in [-0.25, -0.2) is 0 Å². The molecule has 0 radical (unpaired) electrons. The van der Waals surface area contributed by atoms with Crippen LogP contribution in [0.1, 0.15) is 19.8 Å². The number of nitrogens with two attached hydrogens (primary N) is 1. The second-order valence-corrected chi connectivity index (χ2v) is 1.80. The highest BCUT2D eigenvalue weighted by Crippen LogP contribution is 1.84. The first kappa shape index (κ1) is 8.48. The molecular formula is C7H13NO. The first-order valence-electron chi connectivity index (χ1n) is 3.15. The van der Waals surface area contributed by atoms with Crippen molar-refractivity contribution in [3.63, 3.8) is 0 Å². The molecule has 0 heterocycles. The molecule has 0 fully saturated rings. The molecule has 52 valence electrons. The smallest absolute Gasteiger partial charge is 0.0771 e. The van der Waals surface area contributed by atoms with Gasteiger partial charge in [-0.3, -0.25) is 0 Å². The fourth-order valence-corrected chi connectivity index (χ4v) is 0.398. The minimum Gasteiger partial charge on any atom is -0.391 e. The lowest BCUT2D eigenvalue weighted by atomic mass is 10.2. The van der Waals surface area contributed by atoms with Gasteiger partial charge in [-0.2, -0.15) is 0 Å². The van der Waals surface area contributed by atoms with Crippen LogP contribution >= 0.6 is 0 Å². The Labute approximate surface area is 56.1 Å². The van der Waals surface area contributed by atoms with Crippen molar-refractivity contribution in [3.8, 4) is 11.8 Å². The van der Waals surface area contributed by atoms with Crippen molar-refractivity contribution in [2.75, 3.05) is 6.54 Å². The molecule has 0 aromatic carbocycles. The van der Waals surface area contributed by atoms with Gasteiger partial charge in [0.2, 0.25) is 0 Å². The van der Waals surface area contributed by atoms with Gasteiger partial charge in [-0.05, 0) is 0 Å². The highest BCUT2D eigenvalue weighted by atomic mass is 16.3. The van der Waals surface area contributed by atoms with Crippen LogP contribution in [0.5, 0.6) is 0 Å². The van der Waals surface area contributed by atoms with Crippen molar-refractivity contribution in [1.82, 2.24) is 0 Å². The molecule has 0 aliphatic heterocycles. The van der Waals surface area contributed by atoms with Crippen molar-refractivity contribution >= 4 is 0 Å². The second-order valence-electron chi connectivity index (χ2n) is 1.80. The Morgan fingerprint density at radius 2 is 2.22 bits per heavy atom. The van der Waals surface area contributed by atoms with Crippen LogP contribution in [0.3, 0.4) is 0 Å². The molecule has 9 heavy (non-hydrogen) atoms. The van der Waals surface area contributed by atoms with E-state index in [0.29, 0.717) is 13.0 Å². The van der Waals surface area contributed by atoms with Crippen LogP contribution in [0.4, 0.5) is 0 Å². The molecular weight excluding hydrogens is 114 g/mol. The monoisotopic (exact) mass is 127 g/mol. The number of rotatable bonds is 2. The van der Waals surface area contributed by atoms with Gasteiger partial charge in [0, 0.05) is 19.4 Å². The van der Waals surface area contributed by atoms with Crippen molar-refractivity contribution in [1.29, 1.82) is 0 Å². The fraction of sp³-hybridized carbons (Fsp3) is 0.714. The molecule has 0 aromatic heterocycles. The van der Waals surface area contributed by atoms with Crippen LogP contribution < -0.4 is 5.73 Å². The molecule has 0 spiro atoms. The lowest BCUT2D eigenvalue weighted by Gasteiger charge is -1.98. The average molecular weight is 127 g/mol. The summed E-state index contributed by atoms with van der Waals surface area (Å²) in [5.41, 5.74) is 5.14. The molecule has 0 amide bonds. The van der Waals surface area contributed by atoms with Gasteiger partial charge in [0.15, 0.2) is 0 Å². The first-order valence-corrected chi connectivity index (χ1v) is 3.15. The van der Waals surface area contributed by atoms with Gasteiger partial charge in [0.05, 0.1) is 6.10 Å². The van der Waals surface area contributed by atoms with Gasteiger partial charge >= 0.3 is 0 Å². The van der Waals surface area contributed by atoms with Crippen LogP contribution in [-0.2, 0) is 0 Å². The summed E-state index contributed by atoms with van der Waals surface area (Å²) in [6.45, 7) is 2.28. The maximum atomic E-state index is 8.86. The summed E-state index contributed by atoms with van der Waals surface area (Å²) >= 11 is 0. The Hall–Kier alpha value is -0.520. The van der Waals surface area contributed by atoms with E-state index in [1.807, 2.05) is 6.92 Å². The zero-order valence-corrected chi connectivity index (χ0v) is 5.72. The van der Waals surface area contributed by atoms with E-state index in [4.69, 9.17) is 10.8 Å². The first-order chi connectivity index (χ1) is 4.31. The van der Waals surface area contributed by atoms with Gasteiger partial charge in [-0.15, -0.1) is 11.8 Å². The summed E-state index contributed by atoms with van der Waals surface area (Å²) < 4.78 is 0. The molecule has 3 N–H and O–H groups in total. The van der Waals surface area contributed by atoms with Gasteiger partial charge < -0.3 is 10.8 Å². The molecule has 1 atom stereocenters. The van der Waals surface area contributed by atoms with Crippen molar-refractivity contribution in [2.45, 2.75) is 25.9 Å². The van der Waals surface area contributed by atoms with Gasteiger partial charge in [0.1, 0.15) is 0 Å². The van der Waals surface area contributed by atoms with Crippen molar-refractivity contribution in [3.05, 3.63) is 0 Å². The number of hydrogen-bond acceptors (Lipinski definition) is 2. The molecule has 0 bridgehead atoms.